The largest absolute Gasteiger partial charge is 1.00 e. The number of carboxylic acids is 1. The van der Waals surface area contributed by atoms with E-state index < -0.39 is 12.6 Å². The van der Waals surface area contributed by atoms with Crippen molar-refractivity contribution < 1.29 is 53.3 Å². The number of hydrogen-bond donors (Lipinski definition) is 1. The van der Waals surface area contributed by atoms with Gasteiger partial charge in [0.2, 0.25) is 5.71 Å². The third-order valence-corrected chi connectivity index (χ3v) is 5.36. The number of ether oxygens (including phenoxy) is 2. The number of rotatable bonds is 8. The summed E-state index contributed by atoms with van der Waals surface area (Å²) in [5.74, 6) is 1.03. The smallest absolute Gasteiger partial charge is 0.546 e. The van der Waals surface area contributed by atoms with Crippen molar-refractivity contribution in [2.24, 2.45) is 0 Å². The molecule has 0 aliphatic carbocycles. The van der Waals surface area contributed by atoms with Gasteiger partial charge in [0.05, 0.1) is 18.5 Å². The molecule has 9 heteroatoms. The van der Waals surface area contributed by atoms with E-state index in [9.17, 15) is 9.90 Å². The molecule has 0 bridgehead atoms. The van der Waals surface area contributed by atoms with Crippen molar-refractivity contribution >= 4 is 28.6 Å². The molecule has 0 unspecified atom stereocenters. The van der Waals surface area contributed by atoms with Gasteiger partial charge in [-0.2, -0.15) is 0 Å². The van der Waals surface area contributed by atoms with Crippen molar-refractivity contribution in [2.75, 3.05) is 19.0 Å². The molecule has 1 N–H and O–H groups in total. The number of furan rings is 1. The average Bonchev–Trinajstić information content (AvgIpc) is 3.29. The van der Waals surface area contributed by atoms with Crippen LogP contribution in [0.5, 0.6) is 11.5 Å². The van der Waals surface area contributed by atoms with Crippen LogP contribution < -0.4 is 49.5 Å². The molecular formula is C27H20N3NaO5. The maximum absolute atomic E-state index is 10.7. The second-order valence-corrected chi connectivity index (χ2v) is 7.62. The molecule has 36 heavy (non-hydrogen) atoms. The molecule has 2 heterocycles. The molecule has 5 aromatic rings. The first kappa shape index (κ1) is 25.2. The van der Waals surface area contributed by atoms with E-state index in [1.54, 1.807) is 25.3 Å². The Kier molecular flexibility index (Phi) is 7.90. The summed E-state index contributed by atoms with van der Waals surface area (Å²) in [5.41, 5.74) is 3.73. The van der Waals surface area contributed by atoms with Crippen molar-refractivity contribution in [3.8, 4) is 33.9 Å². The first-order chi connectivity index (χ1) is 17.1. The number of carbonyl (C=O) groups excluding carboxylic acids is 1. The summed E-state index contributed by atoms with van der Waals surface area (Å²) >= 11 is 0. The Hall–Kier alpha value is -3.85. The van der Waals surface area contributed by atoms with Gasteiger partial charge in [-0.3, -0.25) is 0 Å². The number of carboxylic acid groups (broad SMARTS) is 1. The van der Waals surface area contributed by atoms with Crippen molar-refractivity contribution in [1.29, 1.82) is 0 Å². The van der Waals surface area contributed by atoms with Gasteiger partial charge in [0.25, 0.3) is 0 Å². The SMILES string of the molecule is COc1ccc(-c2c(-c3ccccc3)oc3ncnc(Nc4cccc(OCC(=O)[O-])c4)c23)cc1.[Na+]. The van der Waals surface area contributed by atoms with Crippen LogP contribution in [-0.2, 0) is 4.79 Å². The summed E-state index contributed by atoms with van der Waals surface area (Å²) < 4.78 is 16.8. The monoisotopic (exact) mass is 489 g/mol. The van der Waals surface area contributed by atoms with Gasteiger partial charge in [0.1, 0.15) is 36.0 Å². The molecule has 0 radical (unpaired) electrons. The normalized spacial score (nSPS) is 10.5. The summed E-state index contributed by atoms with van der Waals surface area (Å²) in [6.45, 7) is -0.537. The van der Waals surface area contributed by atoms with E-state index in [4.69, 9.17) is 13.9 Å². The quantitative estimate of drug-likeness (QED) is 0.326. The van der Waals surface area contributed by atoms with Crippen LogP contribution in [0.3, 0.4) is 0 Å². The molecule has 2 aromatic heterocycles. The van der Waals surface area contributed by atoms with E-state index in [1.807, 2.05) is 60.7 Å². The maximum atomic E-state index is 10.7. The zero-order valence-corrected chi connectivity index (χ0v) is 21.7. The molecule has 5 rings (SSSR count). The van der Waals surface area contributed by atoms with Crippen LogP contribution in [0.25, 0.3) is 33.6 Å². The predicted molar refractivity (Wildman–Crippen MR) is 129 cm³/mol. The summed E-state index contributed by atoms with van der Waals surface area (Å²) in [6, 6.07) is 24.4. The second-order valence-electron chi connectivity index (χ2n) is 7.62. The fraction of sp³-hybridized carbons (Fsp3) is 0.0741. The Morgan fingerprint density at radius 2 is 1.72 bits per heavy atom. The van der Waals surface area contributed by atoms with Crippen LogP contribution in [-0.4, -0.2) is 29.7 Å². The van der Waals surface area contributed by atoms with Gasteiger partial charge in [-0.25, -0.2) is 9.97 Å². The van der Waals surface area contributed by atoms with Gasteiger partial charge in [-0.15, -0.1) is 0 Å². The number of anilines is 2. The molecule has 174 valence electrons. The van der Waals surface area contributed by atoms with Crippen LogP contribution in [0.15, 0.2) is 89.6 Å². The molecule has 0 saturated heterocycles. The number of nitrogens with one attached hydrogen (secondary N) is 1. The van der Waals surface area contributed by atoms with Gasteiger partial charge < -0.3 is 29.1 Å². The van der Waals surface area contributed by atoms with Gasteiger partial charge in [0, 0.05) is 22.9 Å². The number of hydrogen-bond acceptors (Lipinski definition) is 8. The minimum atomic E-state index is -1.29. The average molecular weight is 489 g/mol. The Balaban J connectivity index is 0.00000304. The third-order valence-electron chi connectivity index (χ3n) is 5.36. The predicted octanol–water partition coefficient (Wildman–Crippen LogP) is 1.44. The zero-order chi connectivity index (χ0) is 24.2. The summed E-state index contributed by atoms with van der Waals surface area (Å²) in [4.78, 5) is 19.6. The van der Waals surface area contributed by atoms with Gasteiger partial charge >= 0.3 is 29.6 Å². The van der Waals surface area contributed by atoms with Crippen LogP contribution in [0.4, 0.5) is 11.5 Å². The minimum Gasteiger partial charge on any atom is -0.546 e. The van der Waals surface area contributed by atoms with E-state index in [2.05, 4.69) is 15.3 Å². The molecule has 0 fully saturated rings. The van der Waals surface area contributed by atoms with Crippen LogP contribution in [0.1, 0.15) is 0 Å². The molecule has 0 saturated carbocycles. The molecule has 0 aliphatic rings. The van der Waals surface area contributed by atoms with Gasteiger partial charge in [0.15, 0.2) is 0 Å². The van der Waals surface area contributed by atoms with E-state index in [1.165, 1.54) is 6.33 Å². The van der Waals surface area contributed by atoms with E-state index in [-0.39, 0.29) is 29.6 Å². The van der Waals surface area contributed by atoms with E-state index >= 15 is 0 Å². The molecule has 0 amide bonds. The Morgan fingerprint density at radius 1 is 0.944 bits per heavy atom. The number of methoxy groups -OCH3 is 1. The molecule has 0 aliphatic heterocycles. The molecule has 0 atom stereocenters. The van der Waals surface area contributed by atoms with Gasteiger partial charge in [-0.05, 0) is 29.8 Å². The minimum absolute atomic E-state index is 0. The van der Waals surface area contributed by atoms with Crippen molar-refractivity contribution in [1.82, 2.24) is 9.97 Å². The van der Waals surface area contributed by atoms with E-state index in [0.29, 0.717) is 34.1 Å². The Morgan fingerprint density at radius 3 is 2.44 bits per heavy atom. The number of aromatic nitrogens is 2. The fourth-order valence-corrected chi connectivity index (χ4v) is 3.80. The number of nitrogens with zero attached hydrogens (tertiary/aromatic N) is 2. The second kappa shape index (κ2) is 11.3. The first-order valence-corrected chi connectivity index (χ1v) is 10.8. The number of benzene rings is 3. The number of carbonyl (C=O) groups is 1. The van der Waals surface area contributed by atoms with Crippen LogP contribution in [0.2, 0.25) is 0 Å². The van der Waals surface area contributed by atoms with Crippen molar-refractivity contribution in [2.45, 2.75) is 0 Å². The third kappa shape index (κ3) is 5.36. The Bertz CT molecular complexity index is 1490. The molecule has 8 nitrogen and oxygen atoms in total. The van der Waals surface area contributed by atoms with Crippen LogP contribution >= 0.6 is 0 Å². The standard InChI is InChI=1S/C27H21N3O5.Na/c1-33-20-12-10-17(11-13-20)23-24-26(30-19-8-5-9-21(14-19)34-15-22(31)32)28-16-29-27(24)35-25(23)18-6-3-2-4-7-18;/h2-14,16H,15H2,1H3,(H,31,32)(H,28,29,30);/q;+1/p-1. The maximum Gasteiger partial charge on any atom is 1.00 e. The summed E-state index contributed by atoms with van der Waals surface area (Å²) in [7, 11) is 1.62. The summed E-state index contributed by atoms with van der Waals surface area (Å²) in [6.07, 6.45) is 1.43. The van der Waals surface area contributed by atoms with Crippen LogP contribution in [0, 0.1) is 0 Å². The molecule has 3 aromatic carbocycles. The first-order valence-electron chi connectivity index (χ1n) is 10.8. The molecular weight excluding hydrogens is 469 g/mol. The number of fused-ring (bicyclic) bond motifs is 1. The van der Waals surface area contributed by atoms with E-state index in [0.717, 1.165) is 22.4 Å². The number of aliphatic carboxylic acids is 1. The van der Waals surface area contributed by atoms with Crippen molar-refractivity contribution in [3.63, 3.8) is 0 Å². The Labute approximate surface area is 229 Å². The zero-order valence-electron chi connectivity index (χ0n) is 19.7. The van der Waals surface area contributed by atoms with Crippen molar-refractivity contribution in [3.05, 3.63) is 85.2 Å². The summed E-state index contributed by atoms with van der Waals surface area (Å²) in [5, 5.41) is 14.7. The topological polar surface area (TPSA) is 110 Å². The molecule has 0 spiro atoms. The fourth-order valence-electron chi connectivity index (χ4n) is 3.80. The van der Waals surface area contributed by atoms with Gasteiger partial charge in [-0.1, -0.05) is 48.5 Å².